The molecule has 0 saturated heterocycles. The van der Waals surface area contributed by atoms with Crippen LogP contribution in [0.4, 0.5) is 10.1 Å². The fourth-order valence-electron chi connectivity index (χ4n) is 2.01. The van der Waals surface area contributed by atoms with E-state index in [1.807, 2.05) is 0 Å². The summed E-state index contributed by atoms with van der Waals surface area (Å²) in [6.45, 7) is 3.36. The number of unbranched alkanes of at least 4 members (excludes halogenated alkanes) is 5. The lowest BCUT2D eigenvalue weighted by atomic mass is 10.1. The SMILES string of the molecule is CCCCCCCCOCCC(=O)Nc1ccc(F)cc1. The maximum atomic E-state index is 12.7. The molecule has 1 rings (SSSR count). The van der Waals surface area contributed by atoms with Crippen LogP contribution in [-0.2, 0) is 9.53 Å². The first-order valence-electron chi connectivity index (χ1n) is 7.85. The van der Waals surface area contributed by atoms with Crippen LogP contribution in [0, 0.1) is 5.82 Å². The second kappa shape index (κ2) is 11.3. The van der Waals surface area contributed by atoms with Gasteiger partial charge in [0, 0.05) is 12.3 Å². The maximum Gasteiger partial charge on any atom is 0.226 e. The summed E-state index contributed by atoms with van der Waals surface area (Å²) in [5.41, 5.74) is 0.609. The number of anilines is 1. The van der Waals surface area contributed by atoms with Crippen molar-refractivity contribution in [2.24, 2.45) is 0 Å². The first kappa shape index (κ1) is 17.6. The molecular formula is C17H26FNO2. The maximum absolute atomic E-state index is 12.7. The van der Waals surface area contributed by atoms with Gasteiger partial charge in [-0.1, -0.05) is 39.0 Å². The molecule has 21 heavy (non-hydrogen) atoms. The predicted octanol–water partition coefficient (Wildman–Crippen LogP) is 4.53. The summed E-state index contributed by atoms with van der Waals surface area (Å²) in [6.07, 6.45) is 7.72. The monoisotopic (exact) mass is 295 g/mol. The van der Waals surface area contributed by atoms with Gasteiger partial charge >= 0.3 is 0 Å². The summed E-state index contributed by atoms with van der Waals surface area (Å²) in [6, 6.07) is 5.74. The number of ether oxygens (including phenoxy) is 1. The van der Waals surface area contributed by atoms with Gasteiger partial charge in [-0.15, -0.1) is 0 Å². The second-order valence-electron chi connectivity index (χ2n) is 5.19. The molecule has 0 saturated carbocycles. The zero-order valence-corrected chi connectivity index (χ0v) is 12.9. The first-order valence-corrected chi connectivity index (χ1v) is 7.85. The van der Waals surface area contributed by atoms with Crippen LogP contribution in [0.2, 0.25) is 0 Å². The average molecular weight is 295 g/mol. The van der Waals surface area contributed by atoms with E-state index in [1.165, 1.54) is 44.2 Å². The molecule has 0 radical (unpaired) electrons. The average Bonchev–Trinajstić information content (AvgIpc) is 2.48. The van der Waals surface area contributed by atoms with Crippen LogP contribution in [-0.4, -0.2) is 19.1 Å². The Balaban J connectivity index is 1.97. The summed E-state index contributed by atoms with van der Waals surface area (Å²) in [5.74, 6) is -0.417. The molecule has 1 aromatic rings. The van der Waals surface area contributed by atoms with Crippen LogP contribution in [0.25, 0.3) is 0 Å². The van der Waals surface area contributed by atoms with Crippen LogP contribution < -0.4 is 5.32 Å². The molecule has 0 atom stereocenters. The Hall–Kier alpha value is -1.42. The molecule has 0 aliphatic carbocycles. The molecule has 0 aromatic heterocycles. The lowest BCUT2D eigenvalue weighted by molar-refractivity contribution is -0.117. The highest BCUT2D eigenvalue weighted by molar-refractivity contribution is 5.90. The minimum absolute atomic E-state index is 0.107. The molecule has 1 amide bonds. The molecule has 1 aromatic carbocycles. The molecular weight excluding hydrogens is 269 g/mol. The van der Waals surface area contributed by atoms with Gasteiger partial charge in [0.25, 0.3) is 0 Å². The molecule has 0 bridgehead atoms. The van der Waals surface area contributed by atoms with Crippen molar-refractivity contribution in [2.75, 3.05) is 18.5 Å². The van der Waals surface area contributed by atoms with E-state index in [0.717, 1.165) is 13.0 Å². The highest BCUT2D eigenvalue weighted by Crippen LogP contribution is 2.08. The van der Waals surface area contributed by atoms with Gasteiger partial charge in [0.05, 0.1) is 13.0 Å². The number of nitrogens with one attached hydrogen (secondary N) is 1. The van der Waals surface area contributed by atoms with Crippen LogP contribution in [0.5, 0.6) is 0 Å². The zero-order chi connectivity index (χ0) is 15.3. The number of halogens is 1. The molecule has 0 heterocycles. The number of benzene rings is 1. The smallest absolute Gasteiger partial charge is 0.226 e. The summed E-state index contributed by atoms with van der Waals surface area (Å²) in [4.78, 5) is 11.6. The topological polar surface area (TPSA) is 38.3 Å². The molecule has 0 spiro atoms. The minimum Gasteiger partial charge on any atom is -0.381 e. The van der Waals surface area contributed by atoms with Gasteiger partial charge in [-0.3, -0.25) is 4.79 Å². The van der Waals surface area contributed by atoms with Crippen molar-refractivity contribution in [2.45, 2.75) is 51.9 Å². The van der Waals surface area contributed by atoms with E-state index < -0.39 is 0 Å². The summed E-state index contributed by atoms with van der Waals surface area (Å²) in [7, 11) is 0. The van der Waals surface area contributed by atoms with E-state index in [4.69, 9.17) is 4.74 Å². The van der Waals surface area contributed by atoms with Gasteiger partial charge in [0.1, 0.15) is 5.82 Å². The third-order valence-corrected chi connectivity index (χ3v) is 3.24. The standard InChI is InChI=1S/C17H26FNO2/c1-2-3-4-5-6-7-13-21-14-12-17(20)19-16-10-8-15(18)9-11-16/h8-11H,2-7,12-14H2,1H3,(H,19,20). The minimum atomic E-state index is -0.310. The Kier molecular flexibility index (Phi) is 9.46. The van der Waals surface area contributed by atoms with Crippen molar-refractivity contribution in [3.8, 4) is 0 Å². The van der Waals surface area contributed by atoms with Gasteiger partial charge in [-0.05, 0) is 30.7 Å². The highest BCUT2D eigenvalue weighted by Gasteiger charge is 2.02. The van der Waals surface area contributed by atoms with Crippen molar-refractivity contribution >= 4 is 11.6 Å². The van der Waals surface area contributed by atoms with Crippen molar-refractivity contribution in [1.29, 1.82) is 0 Å². The number of carbonyl (C=O) groups is 1. The fraction of sp³-hybridized carbons (Fsp3) is 0.588. The summed E-state index contributed by atoms with van der Waals surface area (Å²) < 4.78 is 18.2. The number of hydrogen-bond acceptors (Lipinski definition) is 2. The Morgan fingerprint density at radius 3 is 2.43 bits per heavy atom. The largest absolute Gasteiger partial charge is 0.381 e. The summed E-state index contributed by atoms with van der Waals surface area (Å²) in [5, 5.41) is 2.71. The van der Waals surface area contributed by atoms with Crippen LogP contribution >= 0.6 is 0 Å². The normalized spacial score (nSPS) is 10.6. The van der Waals surface area contributed by atoms with Gasteiger partial charge in [-0.2, -0.15) is 0 Å². The lowest BCUT2D eigenvalue weighted by Gasteiger charge is -2.06. The molecule has 4 heteroatoms. The fourth-order valence-corrected chi connectivity index (χ4v) is 2.01. The van der Waals surface area contributed by atoms with Crippen molar-refractivity contribution in [1.82, 2.24) is 0 Å². The van der Waals surface area contributed by atoms with Crippen LogP contribution in [0.3, 0.4) is 0 Å². The number of carbonyl (C=O) groups excluding carboxylic acids is 1. The van der Waals surface area contributed by atoms with E-state index in [-0.39, 0.29) is 11.7 Å². The third-order valence-electron chi connectivity index (χ3n) is 3.24. The molecule has 0 unspecified atom stereocenters. The highest BCUT2D eigenvalue weighted by atomic mass is 19.1. The zero-order valence-electron chi connectivity index (χ0n) is 12.9. The van der Waals surface area contributed by atoms with Crippen LogP contribution in [0.1, 0.15) is 51.9 Å². The molecule has 0 aliphatic rings. The van der Waals surface area contributed by atoms with E-state index >= 15 is 0 Å². The molecule has 1 N–H and O–H groups in total. The van der Waals surface area contributed by atoms with E-state index in [0.29, 0.717) is 18.7 Å². The van der Waals surface area contributed by atoms with Gasteiger partial charge < -0.3 is 10.1 Å². The van der Waals surface area contributed by atoms with Crippen molar-refractivity contribution in [3.05, 3.63) is 30.1 Å². The molecule has 0 aliphatic heterocycles. The first-order chi connectivity index (χ1) is 10.2. The van der Waals surface area contributed by atoms with E-state index in [1.54, 1.807) is 12.1 Å². The number of hydrogen-bond donors (Lipinski definition) is 1. The number of rotatable bonds is 11. The second-order valence-corrected chi connectivity index (χ2v) is 5.19. The molecule has 118 valence electrons. The number of amides is 1. The van der Waals surface area contributed by atoms with Gasteiger partial charge in [0.15, 0.2) is 0 Å². The Morgan fingerprint density at radius 2 is 1.71 bits per heavy atom. The van der Waals surface area contributed by atoms with Gasteiger partial charge in [-0.25, -0.2) is 4.39 Å². The van der Waals surface area contributed by atoms with Crippen LogP contribution in [0.15, 0.2) is 24.3 Å². The molecule has 0 fully saturated rings. The van der Waals surface area contributed by atoms with Crippen molar-refractivity contribution < 1.29 is 13.9 Å². The lowest BCUT2D eigenvalue weighted by Crippen LogP contribution is -2.14. The van der Waals surface area contributed by atoms with E-state index in [2.05, 4.69) is 12.2 Å². The van der Waals surface area contributed by atoms with E-state index in [9.17, 15) is 9.18 Å². The summed E-state index contributed by atoms with van der Waals surface area (Å²) >= 11 is 0. The third kappa shape index (κ3) is 9.19. The predicted molar refractivity (Wildman–Crippen MR) is 83.8 cm³/mol. The Labute approximate surface area is 126 Å². The molecule has 3 nitrogen and oxygen atoms in total. The quantitative estimate of drug-likeness (QED) is 0.609. The van der Waals surface area contributed by atoms with Crippen molar-refractivity contribution in [3.63, 3.8) is 0 Å². The Morgan fingerprint density at radius 1 is 1.05 bits per heavy atom. The Bertz CT molecular complexity index is 392. The van der Waals surface area contributed by atoms with Gasteiger partial charge in [0.2, 0.25) is 5.91 Å².